The molecule has 7 nitrogen and oxygen atoms in total. The summed E-state index contributed by atoms with van der Waals surface area (Å²) in [6.07, 6.45) is 0. The van der Waals surface area contributed by atoms with Crippen molar-refractivity contribution < 1.29 is 23.8 Å². The maximum atomic E-state index is 12.7. The molecule has 2 N–H and O–H groups in total. The number of aryl methyl sites for hydroxylation is 1. The molecule has 0 bridgehead atoms. The van der Waals surface area contributed by atoms with Gasteiger partial charge in [0.2, 0.25) is 12.6 Å². The number of rotatable bonds is 5. The lowest BCUT2D eigenvalue weighted by atomic mass is 10.1. The third-order valence-electron chi connectivity index (χ3n) is 4.92. The summed E-state index contributed by atoms with van der Waals surface area (Å²) >= 11 is 5.90. The number of ether oxygens (including phenoxy) is 3. The van der Waals surface area contributed by atoms with Crippen LogP contribution < -0.4 is 15.2 Å². The first-order chi connectivity index (χ1) is 14.3. The molecular weight excluding hydrogens is 408 g/mol. The number of ketones is 1. The quantitative estimate of drug-likeness (QED) is 0.375. The number of nitrogens with zero attached hydrogens (tertiary/aromatic N) is 1. The number of esters is 1. The van der Waals surface area contributed by atoms with Gasteiger partial charge in [0.1, 0.15) is 0 Å². The Morgan fingerprint density at radius 2 is 1.83 bits per heavy atom. The van der Waals surface area contributed by atoms with E-state index in [0.29, 0.717) is 22.1 Å². The monoisotopic (exact) mass is 426 g/mol. The molecule has 30 heavy (non-hydrogen) atoms. The lowest BCUT2D eigenvalue weighted by Gasteiger charge is -2.11. The average molecular weight is 427 g/mol. The number of hydrogen-bond donors (Lipinski definition) is 1. The lowest BCUT2D eigenvalue weighted by molar-refractivity contribution is 0.0475. The third kappa shape index (κ3) is 3.59. The number of anilines is 1. The minimum atomic E-state index is -0.701. The van der Waals surface area contributed by atoms with Crippen LogP contribution in [-0.2, 0) is 4.74 Å². The zero-order chi connectivity index (χ0) is 21.4. The molecule has 1 aromatic heterocycles. The molecule has 8 heteroatoms. The second-order valence-corrected chi connectivity index (χ2v) is 7.33. The number of fused-ring (bicyclic) bond motifs is 1. The van der Waals surface area contributed by atoms with E-state index in [-0.39, 0.29) is 23.8 Å². The Morgan fingerprint density at radius 3 is 2.63 bits per heavy atom. The number of hydrogen-bond acceptors (Lipinski definition) is 6. The van der Waals surface area contributed by atoms with Gasteiger partial charge in [0.25, 0.3) is 0 Å². The minimum absolute atomic E-state index is 0.126. The molecule has 2 aromatic carbocycles. The second-order valence-electron chi connectivity index (χ2n) is 6.89. The van der Waals surface area contributed by atoms with Crippen molar-refractivity contribution in [1.82, 2.24) is 4.57 Å². The maximum Gasteiger partial charge on any atom is 0.340 e. The fourth-order valence-electron chi connectivity index (χ4n) is 3.46. The van der Waals surface area contributed by atoms with Crippen LogP contribution in [0.25, 0.3) is 5.69 Å². The minimum Gasteiger partial charge on any atom is -0.454 e. The highest BCUT2D eigenvalue weighted by Crippen LogP contribution is 2.35. The average Bonchev–Trinajstić information content (AvgIpc) is 3.30. The molecule has 3 aromatic rings. The van der Waals surface area contributed by atoms with Crippen molar-refractivity contribution in [2.45, 2.75) is 13.8 Å². The number of benzene rings is 2. The molecule has 4 rings (SSSR count). The highest BCUT2D eigenvalue weighted by Gasteiger charge is 2.21. The number of halogens is 1. The number of aromatic nitrogens is 1. The van der Waals surface area contributed by atoms with Gasteiger partial charge in [0.05, 0.1) is 5.56 Å². The summed E-state index contributed by atoms with van der Waals surface area (Å²) in [5, 5.41) is 0.356. The van der Waals surface area contributed by atoms with Crippen molar-refractivity contribution in [2.24, 2.45) is 0 Å². The van der Waals surface area contributed by atoms with Crippen molar-refractivity contribution >= 4 is 29.0 Å². The molecule has 0 aliphatic carbocycles. The molecule has 0 saturated heterocycles. The van der Waals surface area contributed by atoms with E-state index in [0.717, 1.165) is 17.1 Å². The number of carbonyl (C=O) groups excluding carboxylic acids is 2. The number of nitrogen functional groups attached to an aromatic ring is 1. The van der Waals surface area contributed by atoms with Gasteiger partial charge in [-0.3, -0.25) is 4.79 Å². The Balaban J connectivity index is 1.53. The Hall–Kier alpha value is -3.45. The lowest BCUT2D eigenvalue weighted by Crippen LogP contribution is -2.16. The van der Waals surface area contributed by atoms with Crippen LogP contribution in [0.5, 0.6) is 11.5 Å². The van der Waals surface area contributed by atoms with Crippen molar-refractivity contribution in [3.8, 4) is 17.2 Å². The Labute approximate surface area is 177 Å². The van der Waals surface area contributed by atoms with Gasteiger partial charge in [-0.25, -0.2) is 4.79 Å². The summed E-state index contributed by atoms with van der Waals surface area (Å²) in [6.45, 7) is 3.51. The molecular formula is C22H19ClN2O5. The summed E-state index contributed by atoms with van der Waals surface area (Å²) in [4.78, 5) is 25.0. The first-order valence-corrected chi connectivity index (χ1v) is 9.57. The van der Waals surface area contributed by atoms with Crippen LogP contribution in [0.4, 0.5) is 5.69 Å². The second kappa shape index (κ2) is 7.76. The molecule has 2 heterocycles. The largest absolute Gasteiger partial charge is 0.454 e. The van der Waals surface area contributed by atoms with Gasteiger partial charge in [-0.2, -0.15) is 0 Å². The molecule has 0 radical (unpaired) electrons. The Morgan fingerprint density at radius 1 is 1.07 bits per heavy atom. The van der Waals surface area contributed by atoms with Crippen molar-refractivity contribution in [2.75, 3.05) is 19.1 Å². The van der Waals surface area contributed by atoms with Crippen LogP contribution in [-0.4, -0.2) is 29.7 Å². The van der Waals surface area contributed by atoms with Gasteiger partial charge >= 0.3 is 5.97 Å². The summed E-state index contributed by atoms with van der Waals surface area (Å²) in [6, 6.07) is 11.8. The van der Waals surface area contributed by atoms with Crippen LogP contribution in [0.1, 0.15) is 32.1 Å². The van der Waals surface area contributed by atoms with Gasteiger partial charge < -0.3 is 24.5 Å². The molecule has 1 aliphatic rings. The Kier molecular flexibility index (Phi) is 5.13. The van der Waals surface area contributed by atoms with E-state index in [9.17, 15) is 9.59 Å². The maximum absolute atomic E-state index is 12.7. The highest BCUT2D eigenvalue weighted by molar-refractivity contribution is 6.31. The first kappa shape index (κ1) is 19.8. The summed E-state index contributed by atoms with van der Waals surface area (Å²) in [7, 11) is 0. The predicted octanol–water partition coefficient (Wildman–Crippen LogP) is 4.10. The van der Waals surface area contributed by atoms with Crippen LogP contribution >= 0.6 is 11.6 Å². The van der Waals surface area contributed by atoms with Gasteiger partial charge in [-0.1, -0.05) is 11.6 Å². The van der Waals surface area contributed by atoms with Gasteiger partial charge in [-0.05, 0) is 50.2 Å². The molecule has 1 aliphatic heterocycles. The van der Waals surface area contributed by atoms with E-state index in [1.54, 1.807) is 12.1 Å². The van der Waals surface area contributed by atoms with E-state index >= 15 is 0 Å². The van der Waals surface area contributed by atoms with E-state index in [1.165, 1.54) is 12.1 Å². The highest BCUT2D eigenvalue weighted by atomic mass is 35.5. The Bertz CT molecular complexity index is 1170. The van der Waals surface area contributed by atoms with E-state index in [1.807, 2.05) is 36.6 Å². The van der Waals surface area contributed by atoms with Crippen molar-refractivity contribution in [3.05, 3.63) is 70.0 Å². The predicted molar refractivity (Wildman–Crippen MR) is 112 cm³/mol. The van der Waals surface area contributed by atoms with Crippen molar-refractivity contribution in [3.63, 3.8) is 0 Å². The number of Topliss-reactive ketones (excluding diaryl/α,β-unsaturated/α-hetero) is 1. The third-order valence-corrected chi connectivity index (χ3v) is 5.15. The molecule has 0 amide bonds. The molecule has 154 valence electrons. The number of nitrogens with two attached hydrogens (primary N) is 1. The normalized spacial score (nSPS) is 12.1. The van der Waals surface area contributed by atoms with Gasteiger partial charge in [0.15, 0.2) is 18.1 Å². The summed E-state index contributed by atoms with van der Waals surface area (Å²) in [5.41, 5.74) is 9.06. The summed E-state index contributed by atoms with van der Waals surface area (Å²) < 4.78 is 17.9. The van der Waals surface area contributed by atoms with Gasteiger partial charge in [-0.15, -0.1) is 0 Å². The van der Waals surface area contributed by atoms with Gasteiger partial charge in [0, 0.05) is 39.4 Å². The van der Waals surface area contributed by atoms with Crippen molar-refractivity contribution in [1.29, 1.82) is 0 Å². The molecule has 0 atom stereocenters. The van der Waals surface area contributed by atoms with E-state index < -0.39 is 12.6 Å². The zero-order valence-electron chi connectivity index (χ0n) is 16.4. The smallest absolute Gasteiger partial charge is 0.340 e. The van der Waals surface area contributed by atoms with E-state index in [4.69, 9.17) is 31.5 Å². The fraction of sp³-hybridized carbons (Fsp3) is 0.182. The zero-order valence-corrected chi connectivity index (χ0v) is 17.2. The summed E-state index contributed by atoms with van der Waals surface area (Å²) in [5.74, 6) is 0.322. The fourth-order valence-corrected chi connectivity index (χ4v) is 3.63. The topological polar surface area (TPSA) is 92.8 Å². The molecule has 0 fully saturated rings. The van der Waals surface area contributed by atoms with E-state index in [2.05, 4.69) is 0 Å². The van der Waals surface area contributed by atoms with Crippen LogP contribution in [0.15, 0.2) is 42.5 Å². The standard InChI is InChI=1S/C22H19ClN2O5/c1-12-7-16(13(2)25(12)15-4-6-20-21(9-15)30-11-29-20)19(26)10-28-22(27)17-8-14(23)3-5-18(17)24/h3-9H,10-11,24H2,1-2H3. The first-order valence-electron chi connectivity index (χ1n) is 9.19. The molecule has 0 saturated carbocycles. The molecule has 0 unspecified atom stereocenters. The van der Waals surface area contributed by atoms with Crippen LogP contribution in [0.3, 0.4) is 0 Å². The van der Waals surface area contributed by atoms with Crippen LogP contribution in [0.2, 0.25) is 5.02 Å². The molecule has 0 spiro atoms. The number of carbonyl (C=O) groups is 2. The SMILES string of the molecule is Cc1cc(C(=O)COC(=O)c2cc(Cl)ccc2N)c(C)n1-c1ccc2c(c1)OCO2. The van der Waals surface area contributed by atoms with Crippen LogP contribution in [0, 0.1) is 13.8 Å².